The summed E-state index contributed by atoms with van der Waals surface area (Å²) in [7, 11) is 0. The van der Waals surface area contributed by atoms with Crippen LogP contribution in [0, 0.1) is 11.6 Å². The molecule has 1 saturated carbocycles. The Bertz CT molecular complexity index is 536. The fraction of sp³-hybridized carbons (Fsp3) is 0.562. The van der Waals surface area contributed by atoms with Gasteiger partial charge in [0, 0.05) is 25.0 Å². The molecule has 0 unspecified atom stereocenters. The van der Waals surface area contributed by atoms with Crippen LogP contribution in [0.4, 0.5) is 8.78 Å². The first-order chi connectivity index (χ1) is 10.2. The first-order valence-corrected chi connectivity index (χ1v) is 7.68. The molecular weight excluding hydrogens is 272 g/mol. The number of aliphatic imine (C=N–C) groups is 1. The monoisotopic (exact) mass is 293 g/mol. The van der Waals surface area contributed by atoms with E-state index < -0.39 is 11.6 Å². The van der Waals surface area contributed by atoms with Gasteiger partial charge in [0.05, 0.1) is 0 Å². The molecule has 1 aliphatic heterocycles. The van der Waals surface area contributed by atoms with Gasteiger partial charge in [-0.3, -0.25) is 4.99 Å². The van der Waals surface area contributed by atoms with Crippen molar-refractivity contribution < 1.29 is 8.78 Å². The highest BCUT2D eigenvalue weighted by Gasteiger charge is 2.38. The molecule has 0 amide bonds. The van der Waals surface area contributed by atoms with Crippen molar-refractivity contribution >= 4 is 5.96 Å². The maximum absolute atomic E-state index is 14.2. The first-order valence-electron chi connectivity index (χ1n) is 7.68. The molecule has 0 bridgehead atoms. The van der Waals surface area contributed by atoms with Crippen molar-refractivity contribution in [3.63, 3.8) is 0 Å². The molecular formula is C16H21F2N3. The molecule has 1 aliphatic carbocycles. The summed E-state index contributed by atoms with van der Waals surface area (Å²) in [6, 6.07) is 4.51. The quantitative estimate of drug-likeness (QED) is 0.899. The SMILES string of the molecule is Fc1cccc(C2(CNC3=NCCCN3)CCCC2)c1F. The van der Waals surface area contributed by atoms with Crippen molar-refractivity contribution in [1.29, 1.82) is 0 Å². The van der Waals surface area contributed by atoms with Crippen LogP contribution in [0.5, 0.6) is 0 Å². The minimum Gasteiger partial charge on any atom is -0.356 e. The Morgan fingerprint density at radius 3 is 2.71 bits per heavy atom. The van der Waals surface area contributed by atoms with Crippen LogP contribution in [0.25, 0.3) is 0 Å². The molecule has 21 heavy (non-hydrogen) atoms. The summed E-state index contributed by atoms with van der Waals surface area (Å²) in [5.41, 5.74) is 0.178. The van der Waals surface area contributed by atoms with Gasteiger partial charge in [0.1, 0.15) is 0 Å². The summed E-state index contributed by atoms with van der Waals surface area (Å²) in [6.07, 6.45) is 4.91. The summed E-state index contributed by atoms with van der Waals surface area (Å²) in [4.78, 5) is 4.38. The molecule has 1 aromatic rings. The number of benzene rings is 1. The van der Waals surface area contributed by atoms with E-state index in [4.69, 9.17) is 0 Å². The summed E-state index contributed by atoms with van der Waals surface area (Å²) in [5.74, 6) is -0.670. The Hall–Kier alpha value is -1.65. The molecule has 0 spiro atoms. The van der Waals surface area contributed by atoms with E-state index in [1.807, 2.05) is 0 Å². The largest absolute Gasteiger partial charge is 0.356 e. The second-order valence-electron chi connectivity index (χ2n) is 5.95. The molecule has 3 rings (SSSR count). The molecule has 1 heterocycles. The lowest BCUT2D eigenvalue weighted by molar-refractivity contribution is 0.394. The lowest BCUT2D eigenvalue weighted by atomic mass is 9.78. The first kappa shape index (κ1) is 14.3. The van der Waals surface area contributed by atoms with Crippen LogP contribution in [0.3, 0.4) is 0 Å². The highest BCUT2D eigenvalue weighted by atomic mass is 19.2. The van der Waals surface area contributed by atoms with Crippen LogP contribution < -0.4 is 10.6 Å². The zero-order valence-corrected chi connectivity index (χ0v) is 12.1. The molecule has 3 nitrogen and oxygen atoms in total. The Morgan fingerprint density at radius 2 is 2.00 bits per heavy atom. The summed E-state index contributed by atoms with van der Waals surface area (Å²) in [6.45, 7) is 2.32. The number of hydrogen-bond acceptors (Lipinski definition) is 3. The maximum atomic E-state index is 14.2. The number of nitrogens with zero attached hydrogens (tertiary/aromatic N) is 1. The van der Waals surface area contributed by atoms with Crippen LogP contribution in [0.1, 0.15) is 37.7 Å². The molecule has 0 saturated heterocycles. The van der Waals surface area contributed by atoms with Gasteiger partial charge in [-0.2, -0.15) is 0 Å². The highest BCUT2D eigenvalue weighted by Crippen LogP contribution is 2.42. The van der Waals surface area contributed by atoms with E-state index in [0.29, 0.717) is 12.1 Å². The van der Waals surface area contributed by atoms with Gasteiger partial charge in [-0.15, -0.1) is 0 Å². The van der Waals surface area contributed by atoms with Crippen LogP contribution in [-0.2, 0) is 5.41 Å². The summed E-state index contributed by atoms with van der Waals surface area (Å²) < 4.78 is 27.8. The predicted molar refractivity (Wildman–Crippen MR) is 79.4 cm³/mol. The van der Waals surface area contributed by atoms with Gasteiger partial charge in [-0.25, -0.2) is 8.78 Å². The smallest absolute Gasteiger partial charge is 0.191 e. The number of guanidine groups is 1. The van der Waals surface area contributed by atoms with Gasteiger partial charge >= 0.3 is 0 Å². The normalized spacial score (nSPS) is 20.8. The molecule has 114 valence electrons. The zero-order valence-electron chi connectivity index (χ0n) is 12.1. The average molecular weight is 293 g/mol. The van der Waals surface area contributed by atoms with Gasteiger partial charge in [-0.05, 0) is 30.9 Å². The average Bonchev–Trinajstić information content (AvgIpc) is 2.99. The lowest BCUT2D eigenvalue weighted by Crippen LogP contribution is -2.46. The maximum Gasteiger partial charge on any atom is 0.191 e. The van der Waals surface area contributed by atoms with Gasteiger partial charge in [0.25, 0.3) is 0 Å². The second-order valence-corrected chi connectivity index (χ2v) is 5.95. The molecule has 0 radical (unpaired) electrons. The van der Waals surface area contributed by atoms with Crippen molar-refractivity contribution in [1.82, 2.24) is 10.6 Å². The van der Waals surface area contributed by atoms with Gasteiger partial charge < -0.3 is 10.6 Å². The van der Waals surface area contributed by atoms with E-state index in [1.54, 1.807) is 12.1 Å². The number of hydrogen-bond donors (Lipinski definition) is 2. The van der Waals surface area contributed by atoms with Crippen molar-refractivity contribution in [2.45, 2.75) is 37.5 Å². The van der Waals surface area contributed by atoms with E-state index in [2.05, 4.69) is 15.6 Å². The lowest BCUT2D eigenvalue weighted by Gasteiger charge is -2.31. The summed E-state index contributed by atoms with van der Waals surface area (Å²) >= 11 is 0. The van der Waals surface area contributed by atoms with Crippen LogP contribution >= 0.6 is 0 Å². The molecule has 0 aromatic heterocycles. The Labute approximate surface area is 123 Å². The van der Waals surface area contributed by atoms with Crippen LogP contribution in [-0.4, -0.2) is 25.6 Å². The fourth-order valence-corrected chi connectivity index (χ4v) is 3.41. The van der Waals surface area contributed by atoms with Crippen molar-refractivity contribution in [2.75, 3.05) is 19.6 Å². The van der Waals surface area contributed by atoms with Crippen molar-refractivity contribution in [3.8, 4) is 0 Å². The fourth-order valence-electron chi connectivity index (χ4n) is 3.41. The van der Waals surface area contributed by atoms with E-state index in [-0.39, 0.29) is 5.41 Å². The highest BCUT2D eigenvalue weighted by molar-refractivity contribution is 5.80. The van der Waals surface area contributed by atoms with Gasteiger partial charge in [0.2, 0.25) is 0 Å². The third-order valence-electron chi connectivity index (χ3n) is 4.58. The van der Waals surface area contributed by atoms with Gasteiger partial charge in [0.15, 0.2) is 17.6 Å². The van der Waals surface area contributed by atoms with E-state index in [1.165, 1.54) is 6.07 Å². The molecule has 2 aliphatic rings. The zero-order chi connectivity index (χ0) is 14.7. The molecule has 1 aromatic carbocycles. The van der Waals surface area contributed by atoms with E-state index in [9.17, 15) is 8.78 Å². The Kier molecular flexibility index (Phi) is 4.08. The van der Waals surface area contributed by atoms with Crippen LogP contribution in [0.2, 0.25) is 0 Å². The number of nitrogens with one attached hydrogen (secondary N) is 2. The van der Waals surface area contributed by atoms with E-state index in [0.717, 1.165) is 51.2 Å². The predicted octanol–water partition coefficient (Wildman–Crippen LogP) is 2.72. The topological polar surface area (TPSA) is 36.4 Å². The number of halogens is 2. The van der Waals surface area contributed by atoms with Crippen molar-refractivity contribution in [2.24, 2.45) is 4.99 Å². The molecule has 2 N–H and O–H groups in total. The second kappa shape index (κ2) is 6.00. The molecule has 1 fully saturated rings. The molecule has 5 heteroatoms. The minimum absolute atomic E-state index is 0.326. The minimum atomic E-state index is -0.757. The Morgan fingerprint density at radius 1 is 1.19 bits per heavy atom. The Balaban J connectivity index is 1.82. The van der Waals surface area contributed by atoms with E-state index >= 15 is 0 Å². The van der Waals surface area contributed by atoms with Crippen LogP contribution in [0.15, 0.2) is 23.2 Å². The molecule has 0 atom stereocenters. The standard InChI is InChI=1S/C16H21F2N3/c17-13-6-3-5-12(14(13)18)16(7-1-2-8-16)11-21-15-19-9-4-10-20-15/h3,5-6H,1-2,4,7-11H2,(H2,19,20,21). The summed E-state index contributed by atoms with van der Waals surface area (Å²) in [5, 5.41) is 6.51. The third-order valence-corrected chi connectivity index (χ3v) is 4.58. The third kappa shape index (κ3) is 2.87. The van der Waals surface area contributed by atoms with Crippen molar-refractivity contribution in [3.05, 3.63) is 35.4 Å². The van der Waals surface area contributed by atoms with Gasteiger partial charge in [-0.1, -0.05) is 25.0 Å². The number of rotatable bonds is 3.